The van der Waals surface area contributed by atoms with Crippen molar-refractivity contribution in [2.45, 2.75) is 26.3 Å². The lowest BCUT2D eigenvalue weighted by atomic mass is 10.2. The Balaban J connectivity index is 1.51. The molecule has 0 unspecified atom stereocenters. The number of rotatable bonds is 5. The Hall–Kier alpha value is -3.68. The van der Waals surface area contributed by atoms with Crippen LogP contribution in [0.15, 0.2) is 53.3 Å². The van der Waals surface area contributed by atoms with Gasteiger partial charge in [-0.15, -0.1) is 0 Å². The number of nitrogens with zero attached hydrogens (tertiary/aromatic N) is 3. The molecule has 1 aliphatic rings. The number of aromatic nitrogens is 2. The number of hydrogen-bond donors (Lipinski definition) is 2. The van der Waals surface area contributed by atoms with Gasteiger partial charge in [-0.3, -0.25) is 29.8 Å². The Morgan fingerprint density at radius 3 is 2.55 bits per heavy atom. The Labute approximate surface area is 167 Å². The van der Waals surface area contributed by atoms with Crippen molar-refractivity contribution in [2.75, 3.05) is 16.9 Å². The maximum atomic E-state index is 12.6. The minimum Gasteiger partial charge on any atom is -0.312 e. The molecule has 4 rings (SSSR count). The van der Waals surface area contributed by atoms with Crippen molar-refractivity contribution in [3.05, 3.63) is 64.4 Å². The normalized spacial score (nSPS) is 13.7. The third-order valence-electron chi connectivity index (χ3n) is 4.98. The number of nitrogens with one attached hydrogen (secondary N) is 2. The predicted molar refractivity (Wildman–Crippen MR) is 111 cm³/mol. The number of benzene rings is 2. The van der Waals surface area contributed by atoms with Crippen molar-refractivity contribution in [1.82, 2.24) is 15.0 Å². The zero-order valence-corrected chi connectivity index (χ0v) is 16.0. The van der Waals surface area contributed by atoms with E-state index in [1.807, 2.05) is 6.92 Å². The quantitative estimate of drug-likeness (QED) is 0.651. The molecule has 0 atom stereocenters. The molecule has 0 bridgehead atoms. The molecule has 148 valence electrons. The molecular weight excluding hydrogens is 370 g/mol. The number of amides is 2. The highest BCUT2D eigenvalue weighted by molar-refractivity contribution is 5.97. The van der Waals surface area contributed by atoms with Crippen LogP contribution in [0.2, 0.25) is 0 Å². The van der Waals surface area contributed by atoms with E-state index in [0.29, 0.717) is 36.0 Å². The molecule has 1 fully saturated rings. The van der Waals surface area contributed by atoms with Gasteiger partial charge in [-0.05, 0) is 49.7 Å². The third-order valence-corrected chi connectivity index (χ3v) is 4.98. The van der Waals surface area contributed by atoms with Crippen molar-refractivity contribution >= 4 is 34.4 Å². The molecule has 2 amide bonds. The first-order valence-electron chi connectivity index (χ1n) is 9.55. The molecule has 0 aliphatic carbocycles. The molecule has 0 spiro atoms. The van der Waals surface area contributed by atoms with Crippen LogP contribution in [0.25, 0.3) is 10.9 Å². The molecule has 3 aromatic rings. The van der Waals surface area contributed by atoms with Crippen LogP contribution in [0.1, 0.15) is 30.1 Å². The van der Waals surface area contributed by atoms with Gasteiger partial charge >= 0.3 is 0 Å². The first kappa shape index (κ1) is 18.7. The van der Waals surface area contributed by atoms with Crippen molar-refractivity contribution < 1.29 is 9.59 Å². The topological polar surface area (TPSA) is 96.3 Å². The second kappa shape index (κ2) is 7.75. The number of fused-ring (bicyclic) bond motifs is 1. The number of carbonyl (C=O) groups excluding carboxylic acids is 2. The molecule has 2 N–H and O–H groups in total. The van der Waals surface area contributed by atoms with Crippen LogP contribution in [0.3, 0.4) is 0 Å². The van der Waals surface area contributed by atoms with E-state index in [0.717, 1.165) is 12.1 Å². The fourth-order valence-corrected chi connectivity index (χ4v) is 3.46. The van der Waals surface area contributed by atoms with Crippen LogP contribution in [0.4, 0.5) is 11.6 Å². The number of carbonyl (C=O) groups is 2. The lowest BCUT2D eigenvalue weighted by Gasteiger charge is -2.16. The molecule has 8 nitrogen and oxygen atoms in total. The molecule has 1 aliphatic heterocycles. The molecule has 1 aromatic heterocycles. The molecule has 1 saturated heterocycles. The van der Waals surface area contributed by atoms with E-state index >= 15 is 0 Å². The summed E-state index contributed by atoms with van der Waals surface area (Å²) >= 11 is 0. The molecule has 2 aromatic carbocycles. The monoisotopic (exact) mass is 391 g/mol. The Morgan fingerprint density at radius 2 is 1.86 bits per heavy atom. The van der Waals surface area contributed by atoms with Gasteiger partial charge in [0.1, 0.15) is 0 Å². The summed E-state index contributed by atoms with van der Waals surface area (Å²) in [6.07, 6.45) is 1.41. The van der Waals surface area contributed by atoms with Gasteiger partial charge in [0.15, 0.2) is 0 Å². The van der Waals surface area contributed by atoms with Gasteiger partial charge in [-0.25, -0.2) is 4.98 Å². The fraction of sp³-hybridized carbons (Fsp3) is 0.238. The minimum absolute atomic E-state index is 0.101. The second-order valence-corrected chi connectivity index (χ2v) is 6.78. The highest BCUT2D eigenvalue weighted by atomic mass is 16.2. The van der Waals surface area contributed by atoms with Crippen molar-refractivity contribution in [2.24, 2.45) is 0 Å². The predicted octanol–water partition coefficient (Wildman–Crippen LogP) is 2.30. The lowest BCUT2D eigenvalue weighted by Crippen LogP contribution is -2.34. The Bertz CT molecular complexity index is 1140. The number of hydrazine groups is 1. The summed E-state index contributed by atoms with van der Waals surface area (Å²) in [5.74, 6) is 0.00183. The van der Waals surface area contributed by atoms with Crippen molar-refractivity contribution in [3.63, 3.8) is 0 Å². The Kier molecular flexibility index (Phi) is 4.99. The van der Waals surface area contributed by atoms with Crippen LogP contribution in [0.5, 0.6) is 0 Å². The second-order valence-electron chi connectivity index (χ2n) is 6.78. The molecular formula is C21H21N5O3. The highest BCUT2D eigenvalue weighted by Crippen LogP contribution is 2.21. The molecule has 8 heteroatoms. The van der Waals surface area contributed by atoms with Gasteiger partial charge in [0.25, 0.3) is 11.5 Å². The summed E-state index contributed by atoms with van der Waals surface area (Å²) in [5.41, 5.74) is 6.95. The van der Waals surface area contributed by atoms with E-state index in [1.54, 1.807) is 53.4 Å². The largest absolute Gasteiger partial charge is 0.312 e. The summed E-state index contributed by atoms with van der Waals surface area (Å²) in [4.78, 5) is 43.1. The summed E-state index contributed by atoms with van der Waals surface area (Å²) in [5, 5.41) is 0.526. The van der Waals surface area contributed by atoms with E-state index in [-0.39, 0.29) is 23.3 Å². The van der Waals surface area contributed by atoms with Gasteiger partial charge in [-0.2, -0.15) is 0 Å². The first-order valence-corrected chi connectivity index (χ1v) is 9.55. The van der Waals surface area contributed by atoms with E-state index in [9.17, 15) is 14.4 Å². The Morgan fingerprint density at radius 1 is 1.10 bits per heavy atom. The summed E-state index contributed by atoms with van der Waals surface area (Å²) in [6, 6.07) is 13.9. The zero-order valence-electron chi connectivity index (χ0n) is 16.0. The van der Waals surface area contributed by atoms with E-state index in [4.69, 9.17) is 0 Å². The molecule has 2 heterocycles. The highest BCUT2D eigenvalue weighted by Gasteiger charge is 2.21. The molecule has 0 saturated carbocycles. The van der Waals surface area contributed by atoms with Crippen molar-refractivity contribution in [1.29, 1.82) is 0 Å². The average Bonchev–Trinajstić information content (AvgIpc) is 3.18. The van der Waals surface area contributed by atoms with Gasteiger partial charge < -0.3 is 4.90 Å². The maximum absolute atomic E-state index is 12.6. The van der Waals surface area contributed by atoms with E-state index < -0.39 is 0 Å². The van der Waals surface area contributed by atoms with E-state index in [2.05, 4.69) is 15.8 Å². The summed E-state index contributed by atoms with van der Waals surface area (Å²) in [7, 11) is 0. The standard InChI is InChI=1S/C21H21N5O3/c1-2-25-20(29)16-6-3-4-7-17(16)22-21(25)24-23-19(28)14-9-11-15(12-10-14)26-13-5-8-18(26)27/h3-4,6-7,9-12H,2,5,8,13H2,1H3,(H,22,24)(H,23,28). The van der Waals surface area contributed by atoms with Crippen molar-refractivity contribution in [3.8, 4) is 0 Å². The van der Waals surface area contributed by atoms with Crippen LogP contribution >= 0.6 is 0 Å². The van der Waals surface area contributed by atoms with Gasteiger partial charge in [0, 0.05) is 30.8 Å². The van der Waals surface area contributed by atoms with Gasteiger partial charge in [-0.1, -0.05) is 12.1 Å². The lowest BCUT2D eigenvalue weighted by molar-refractivity contribution is -0.117. The SMILES string of the molecule is CCn1c(NNC(=O)c2ccc(N3CCCC3=O)cc2)nc2ccccc2c1=O. The van der Waals surface area contributed by atoms with Crippen LogP contribution in [-0.2, 0) is 11.3 Å². The van der Waals surface area contributed by atoms with Gasteiger partial charge in [0.05, 0.1) is 10.9 Å². The average molecular weight is 391 g/mol. The summed E-state index contributed by atoms with van der Waals surface area (Å²) in [6.45, 7) is 2.95. The number of anilines is 2. The third kappa shape index (κ3) is 3.56. The minimum atomic E-state index is -0.366. The van der Waals surface area contributed by atoms with Gasteiger partial charge in [0.2, 0.25) is 11.9 Å². The van der Waals surface area contributed by atoms with Crippen LogP contribution in [-0.4, -0.2) is 27.9 Å². The fourth-order valence-electron chi connectivity index (χ4n) is 3.46. The van der Waals surface area contributed by atoms with Crippen LogP contribution < -0.4 is 21.3 Å². The molecule has 0 radical (unpaired) electrons. The van der Waals surface area contributed by atoms with E-state index in [1.165, 1.54) is 4.57 Å². The number of para-hydroxylation sites is 1. The smallest absolute Gasteiger partial charge is 0.269 e. The molecule has 29 heavy (non-hydrogen) atoms. The number of hydrogen-bond acceptors (Lipinski definition) is 5. The maximum Gasteiger partial charge on any atom is 0.269 e. The zero-order chi connectivity index (χ0) is 20.4. The van der Waals surface area contributed by atoms with Crippen LogP contribution in [0, 0.1) is 0 Å². The summed E-state index contributed by atoms with van der Waals surface area (Å²) < 4.78 is 1.46. The first-order chi connectivity index (χ1) is 14.1.